The fourth-order valence-electron chi connectivity index (χ4n) is 2.13. The van der Waals surface area contributed by atoms with E-state index in [2.05, 4.69) is 0 Å². The first kappa shape index (κ1) is 17.9. The Labute approximate surface area is 118 Å². The minimum atomic E-state index is -5.68. The summed E-state index contributed by atoms with van der Waals surface area (Å²) in [6.07, 6.45) is -11.0. The molecule has 0 aromatic rings. The van der Waals surface area contributed by atoms with Crippen LogP contribution in [0.3, 0.4) is 0 Å². The Morgan fingerprint density at radius 1 is 1.05 bits per heavy atom. The van der Waals surface area contributed by atoms with E-state index in [1.54, 1.807) is 6.92 Å². The molecule has 0 spiro atoms. The molecular weight excluding hydrogens is 304 g/mol. The third-order valence-electron chi connectivity index (χ3n) is 3.78. The van der Waals surface area contributed by atoms with Gasteiger partial charge in [-0.3, -0.25) is 5.32 Å². The highest BCUT2D eigenvalue weighted by molar-refractivity contribution is 5.69. The molecule has 1 amide bonds. The quantitative estimate of drug-likeness (QED) is 0.775. The van der Waals surface area contributed by atoms with Gasteiger partial charge in [-0.1, -0.05) is 13.3 Å². The summed E-state index contributed by atoms with van der Waals surface area (Å²) in [7, 11) is 0. The normalized spacial score (nSPS) is 24.6. The highest BCUT2D eigenvalue weighted by Gasteiger charge is 2.69. The number of ether oxygens (including phenoxy) is 1. The maximum Gasteiger partial charge on any atom is 0.420 e. The van der Waals surface area contributed by atoms with Crippen molar-refractivity contribution in [3.8, 4) is 0 Å². The van der Waals surface area contributed by atoms with Crippen LogP contribution in [-0.2, 0) is 4.74 Å². The van der Waals surface area contributed by atoms with Crippen molar-refractivity contribution in [1.29, 1.82) is 0 Å². The Hall–Kier alpha value is -1.15. The summed E-state index contributed by atoms with van der Waals surface area (Å²) in [6.45, 7) is 1.61. The van der Waals surface area contributed by atoms with Crippen LogP contribution >= 0.6 is 0 Å². The lowest BCUT2D eigenvalue weighted by Crippen LogP contribution is -2.65. The summed E-state index contributed by atoms with van der Waals surface area (Å²) in [5.74, 6) is -0.0903. The van der Waals surface area contributed by atoms with Gasteiger partial charge in [0, 0.05) is 0 Å². The number of hydrogen-bond donors (Lipinski definition) is 1. The highest BCUT2D eigenvalue weighted by Crippen LogP contribution is 2.42. The van der Waals surface area contributed by atoms with Crippen molar-refractivity contribution in [2.75, 3.05) is 0 Å². The molecule has 0 saturated heterocycles. The van der Waals surface area contributed by atoms with Gasteiger partial charge in [0.25, 0.3) is 0 Å². The zero-order chi connectivity index (χ0) is 16.5. The first-order valence-corrected chi connectivity index (χ1v) is 6.51. The second-order valence-corrected chi connectivity index (χ2v) is 5.45. The Kier molecular flexibility index (Phi) is 5.05. The Morgan fingerprint density at radius 3 is 1.95 bits per heavy atom. The molecule has 1 aliphatic carbocycles. The molecule has 21 heavy (non-hydrogen) atoms. The van der Waals surface area contributed by atoms with Crippen LogP contribution in [0.1, 0.15) is 39.5 Å². The topological polar surface area (TPSA) is 38.3 Å². The highest BCUT2D eigenvalue weighted by atomic mass is 19.4. The molecule has 1 fully saturated rings. The standard InChI is InChI=1S/C12H17F6NO2/c1-7-5-3-4-6-8(7)21-9(20)19-10(2,11(13,14)15)12(16,17)18/h7-8H,3-6H2,1-2H3,(H,19,20)/t7-,8+/m1/s1. The van der Waals surface area contributed by atoms with Gasteiger partial charge in [0.1, 0.15) is 6.10 Å². The molecular formula is C12H17F6NO2. The second-order valence-electron chi connectivity index (χ2n) is 5.45. The Morgan fingerprint density at radius 2 is 1.52 bits per heavy atom. The number of amides is 1. The van der Waals surface area contributed by atoms with Crippen LogP contribution in [0, 0.1) is 5.92 Å². The van der Waals surface area contributed by atoms with Gasteiger partial charge in [-0.25, -0.2) is 4.79 Å². The summed E-state index contributed by atoms with van der Waals surface area (Å²) in [5, 5.41) is 0.930. The minimum absolute atomic E-state index is 0.0903. The van der Waals surface area contributed by atoms with E-state index in [1.165, 1.54) is 0 Å². The molecule has 0 aromatic heterocycles. The third kappa shape index (κ3) is 3.94. The van der Waals surface area contributed by atoms with Crippen LogP contribution < -0.4 is 5.32 Å². The molecule has 124 valence electrons. The number of alkyl halides is 6. The van der Waals surface area contributed by atoms with Crippen LogP contribution in [0.25, 0.3) is 0 Å². The molecule has 3 nitrogen and oxygen atoms in total. The molecule has 0 heterocycles. The van der Waals surface area contributed by atoms with E-state index in [4.69, 9.17) is 4.74 Å². The lowest BCUT2D eigenvalue weighted by atomic mass is 9.88. The summed E-state index contributed by atoms with van der Waals surface area (Å²) in [4.78, 5) is 11.4. The fourth-order valence-corrected chi connectivity index (χ4v) is 2.13. The first-order chi connectivity index (χ1) is 9.38. The van der Waals surface area contributed by atoms with Crippen LogP contribution in [-0.4, -0.2) is 30.1 Å². The maximum absolute atomic E-state index is 12.6. The zero-order valence-electron chi connectivity index (χ0n) is 11.6. The van der Waals surface area contributed by atoms with E-state index in [0.717, 1.165) is 18.2 Å². The fraction of sp³-hybridized carbons (Fsp3) is 0.917. The van der Waals surface area contributed by atoms with Crippen LogP contribution in [0.5, 0.6) is 0 Å². The molecule has 1 saturated carbocycles. The molecule has 0 unspecified atom stereocenters. The second kappa shape index (κ2) is 5.92. The number of rotatable bonds is 2. The third-order valence-corrected chi connectivity index (χ3v) is 3.78. The van der Waals surface area contributed by atoms with Crippen LogP contribution in [0.15, 0.2) is 0 Å². The number of carbonyl (C=O) groups is 1. The number of halogens is 6. The van der Waals surface area contributed by atoms with Gasteiger partial charge in [-0.15, -0.1) is 0 Å². The molecule has 0 aliphatic heterocycles. The van der Waals surface area contributed by atoms with E-state index < -0.39 is 30.1 Å². The molecule has 0 bridgehead atoms. The van der Waals surface area contributed by atoms with Gasteiger partial charge in [0.2, 0.25) is 5.54 Å². The monoisotopic (exact) mass is 321 g/mol. The van der Waals surface area contributed by atoms with E-state index in [-0.39, 0.29) is 12.8 Å². The summed E-state index contributed by atoms with van der Waals surface area (Å²) in [6, 6.07) is 0. The zero-order valence-corrected chi connectivity index (χ0v) is 11.6. The number of hydrogen-bond acceptors (Lipinski definition) is 2. The molecule has 0 radical (unpaired) electrons. The smallest absolute Gasteiger partial charge is 0.420 e. The van der Waals surface area contributed by atoms with Gasteiger partial charge in [0.05, 0.1) is 0 Å². The lowest BCUT2D eigenvalue weighted by Gasteiger charge is -2.35. The van der Waals surface area contributed by atoms with Gasteiger partial charge >= 0.3 is 18.4 Å². The molecule has 1 rings (SSSR count). The minimum Gasteiger partial charge on any atom is -0.446 e. The van der Waals surface area contributed by atoms with Gasteiger partial charge in [0.15, 0.2) is 0 Å². The van der Waals surface area contributed by atoms with Crippen LogP contribution in [0.4, 0.5) is 31.1 Å². The van der Waals surface area contributed by atoms with Crippen molar-refractivity contribution >= 4 is 6.09 Å². The van der Waals surface area contributed by atoms with E-state index in [9.17, 15) is 31.1 Å². The van der Waals surface area contributed by atoms with Crippen molar-refractivity contribution in [1.82, 2.24) is 5.32 Å². The average molecular weight is 321 g/mol. The Bertz CT molecular complexity index is 365. The van der Waals surface area contributed by atoms with Crippen molar-refractivity contribution in [2.24, 2.45) is 5.92 Å². The Balaban J connectivity index is 2.78. The molecule has 2 atom stereocenters. The maximum atomic E-state index is 12.6. The van der Waals surface area contributed by atoms with E-state index >= 15 is 0 Å². The van der Waals surface area contributed by atoms with Crippen molar-refractivity contribution in [3.05, 3.63) is 0 Å². The van der Waals surface area contributed by atoms with Crippen molar-refractivity contribution < 1.29 is 35.9 Å². The SMILES string of the molecule is C[C@@H]1CCCC[C@@H]1OC(=O)NC(C)(C(F)(F)F)C(F)(F)F. The number of alkyl carbamates (subject to hydrolysis) is 1. The van der Waals surface area contributed by atoms with E-state index in [1.807, 2.05) is 0 Å². The summed E-state index contributed by atoms with van der Waals surface area (Å²) < 4.78 is 80.5. The predicted octanol–water partition coefficient (Wildman–Crippen LogP) is 4.17. The predicted molar refractivity (Wildman–Crippen MR) is 61.6 cm³/mol. The summed E-state index contributed by atoms with van der Waals surface area (Å²) >= 11 is 0. The van der Waals surface area contributed by atoms with Crippen molar-refractivity contribution in [3.63, 3.8) is 0 Å². The van der Waals surface area contributed by atoms with Gasteiger partial charge in [-0.2, -0.15) is 26.3 Å². The average Bonchev–Trinajstić information content (AvgIpc) is 2.29. The number of nitrogens with one attached hydrogen (secondary N) is 1. The van der Waals surface area contributed by atoms with E-state index in [0.29, 0.717) is 12.8 Å². The van der Waals surface area contributed by atoms with Gasteiger partial charge < -0.3 is 4.74 Å². The summed E-state index contributed by atoms with van der Waals surface area (Å²) in [5.41, 5.74) is -4.34. The van der Waals surface area contributed by atoms with Gasteiger partial charge in [-0.05, 0) is 32.1 Å². The molecule has 9 heteroatoms. The largest absolute Gasteiger partial charge is 0.446 e. The molecule has 0 aromatic carbocycles. The number of carbonyl (C=O) groups excluding carboxylic acids is 1. The first-order valence-electron chi connectivity index (χ1n) is 6.51. The van der Waals surface area contributed by atoms with Crippen LogP contribution in [0.2, 0.25) is 0 Å². The molecule has 1 N–H and O–H groups in total. The van der Waals surface area contributed by atoms with Crippen molar-refractivity contribution in [2.45, 2.75) is 63.5 Å². The molecule has 1 aliphatic rings. The lowest BCUT2D eigenvalue weighted by molar-refractivity contribution is -0.299.